The number of aliphatic hydroxyl groups excluding tert-OH is 1. The highest BCUT2D eigenvalue weighted by atomic mass is 35.5. The topological polar surface area (TPSA) is 102 Å². The summed E-state index contributed by atoms with van der Waals surface area (Å²) in [5.41, 5.74) is 0.104. The van der Waals surface area contributed by atoms with Crippen molar-refractivity contribution in [3.63, 3.8) is 0 Å². The zero-order chi connectivity index (χ0) is 28.6. The third-order valence-electron chi connectivity index (χ3n) is 7.98. The maximum atomic E-state index is 16.3. The van der Waals surface area contributed by atoms with E-state index < -0.39 is 29.0 Å². The third kappa shape index (κ3) is 5.03. The predicted octanol–water partition coefficient (Wildman–Crippen LogP) is 4.15. The van der Waals surface area contributed by atoms with E-state index >= 15 is 8.78 Å². The van der Waals surface area contributed by atoms with Crippen molar-refractivity contribution < 1.29 is 32.9 Å². The van der Waals surface area contributed by atoms with Crippen molar-refractivity contribution in [2.24, 2.45) is 0 Å². The smallest absolute Gasteiger partial charge is 0.253 e. The summed E-state index contributed by atoms with van der Waals surface area (Å²) in [4.78, 5) is 17.5. The normalized spacial score (nSPS) is 23.3. The summed E-state index contributed by atoms with van der Waals surface area (Å²) in [6.45, 7) is 1.03. The molecule has 3 atom stereocenters. The van der Waals surface area contributed by atoms with Crippen LogP contribution in [0.5, 0.6) is 11.6 Å². The van der Waals surface area contributed by atoms with Crippen LogP contribution in [0.3, 0.4) is 0 Å². The average Bonchev–Trinajstić information content (AvgIpc) is 3.76. The number of pyridine rings is 1. The first-order valence-electron chi connectivity index (χ1n) is 13.7. The lowest BCUT2D eigenvalue weighted by Crippen LogP contribution is -2.48. The number of carbonyl (C=O) groups excluding carboxylic acids is 1. The van der Waals surface area contributed by atoms with Gasteiger partial charge in [-0.15, -0.1) is 0 Å². The fourth-order valence-electron chi connectivity index (χ4n) is 6.06. The van der Waals surface area contributed by atoms with Crippen molar-refractivity contribution in [2.75, 3.05) is 33.0 Å². The Morgan fingerprint density at radius 1 is 1.24 bits per heavy atom. The van der Waals surface area contributed by atoms with Gasteiger partial charge >= 0.3 is 0 Å². The average molecular weight is 586 g/mol. The van der Waals surface area contributed by atoms with Crippen LogP contribution in [0, 0.1) is 11.6 Å². The SMILES string of the molecule is O=C(N[C@@H]1CCOC1)c1cnc(OCCO)c(F)c1-c1c(Cl)c(F)cc2c1CC(c1ccccc1)([C@@H]1CCCN1)O2. The van der Waals surface area contributed by atoms with E-state index in [4.69, 9.17) is 25.8 Å². The Bertz CT molecular complexity index is 1450. The number of benzene rings is 2. The van der Waals surface area contributed by atoms with Crippen LogP contribution in [0.15, 0.2) is 42.6 Å². The van der Waals surface area contributed by atoms with E-state index in [2.05, 4.69) is 15.6 Å². The molecular weight excluding hydrogens is 556 g/mol. The molecule has 41 heavy (non-hydrogen) atoms. The van der Waals surface area contributed by atoms with Gasteiger partial charge in [0.15, 0.2) is 11.4 Å². The molecule has 3 N–H and O–H groups in total. The highest BCUT2D eigenvalue weighted by molar-refractivity contribution is 6.34. The number of carbonyl (C=O) groups is 1. The van der Waals surface area contributed by atoms with Gasteiger partial charge < -0.3 is 30.0 Å². The molecule has 3 aliphatic rings. The van der Waals surface area contributed by atoms with Crippen molar-refractivity contribution in [1.82, 2.24) is 15.6 Å². The summed E-state index contributed by atoms with van der Waals surface area (Å²) in [5.74, 6) is -2.61. The number of amides is 1. The molecule has 2 aromatic carbocycles. The van der Waals surface area contributed by atoms with Gasteiger partial charge in [0.25, 0.3) is 11.8 Å². The van der Waals surface area contributed by atoms with Crippen molar-refractivity contribution in [3.05, 3.63) is 75.9 Å². The molecule has 1 aromatic heterocycles. The lowest BCUT2D eigenvalue weighted by molar-refractivity contribution is 0.0539. The van der Waals surface area contributed by atoms with Crippen LogP contribution in [0.2, 0.25) is 5.02 Å². The summed E-state index contributed by atoms with van der Waals surface area (Å²) in [6.07, 6.45) is 3.82. The number of ether oxygens (including phenoxy) is 3. The van der Waals surface area contributed by atoms with Crippen LogP contribution in [-0.4, -0.2) is 61.1 Å². The monoisotopic (exact) mass is 585 g/mol. The van der Waals surface area contributed by atoms with Gasteiger partial charge in [-0.2, -0.15) is 0 Å². The van der Waals surface area contributed by atoms with Crippen LogP contribution in [0.1, 0.15) is 40.7 Å². The molecule has 0 aliphatic carbocycles. The molecule has 8 nitrogen and oxygen atoms in total. The molecule has 6 rings (SSSR count). The number of aromatic nitrogens is 1. The minimum atomic E-state index is -0.986. The summed E-state index contributed by atoms with van der Waals surface area (Å²) >= 11 is 6.62. The van der Waals surface area contributed by atoms with E-state index in [0.29, 0.717) is 25.2 Å². The summed E-state index contributed by atoms with van der Waals surface area (Å²) in [7, 11) is 0. The molecule has 2 saturated heterocycles. The number of hydrogen-bond donors (Lipinski definition) is 3. The first-order valence-corrected chi connectivity index (χ1v) is 14.1. The zero-order valence-electron chi connectivity index (χ0n) is 22.2. The van der Waals surface area contributed by atoms with Crippen LogP contribution in [-0.2, 0) is 16.8 Å². The molecule has 0 spiro atoms. The van der Waals surface area contributed by atoms with E-state index in [9.17, 15) is 9.90 Å². The van der Waals surface area contributed by atoms with E-state index in [-0.39, 0.29) is 59.2 Å². The van der Waals surface area contributed by atoms with Gasteiger partial charge in [-0.1, -0.05) is 41.9 Å². The standard InChI is InChI=1S/C30H30ClF2N3O5/c31-26-21(32)13-22-19(14-30(41-22,23-7-4-9-34-23)17-5-2-1-3-6-17)24(26)25-20(28(38)36-18-8-11-39-16-18)15-35-29(27(25)33)40-12-10-37/h1-3,5-6,13,15,18,23,34,37H,4,7-12,14,16H2,(H,36,38)/t18-,23+,30?/m1/s1. The van der Waals surface area contributed by atoms with E-state index in [1.54, 1.807) is 0 Å². The minimum Gasteiger partial charge on any atom is -0.480 e. The predicted molar refractivity (Wildman–Crippen MR) is 147 cm³/mol. The van der Waals surface area contributed by atoms with Gasteiger partial charge in [-0.3, -0.25) is 4.79 Å². The summed E-state index contributed by atoms with van der Waals surface area (Å²) in [5, 5.41) is 15.3. The largest absolute Gasteiger partial charge is 0.480 e. The van der Waals surface area contributed by atoms with Gasteiger partial charge in [0, 0.05) is 42.0 Å². The molecule has 0 radical (unpaired) electrons. The molecule has 1 unspecified atom stereocenters. The Balaban J connectivity index is 1.53. The molecule has 216 valence electrons. The van der Waals surface area contributed by atoms with Crippen molar-refractivity contribution >= 4 is 17.5 Å². The third-order valence-corrected chi connectivity index (χ3v) is 8.35. The summed E-state index contributed by atoms with van der Waals surface area (Å²) in [6, 6.07) is 10.5. The van der Waals surface area contributed by atoms with E-state index in [0.717, 1.165) is 24.9 Å². The van der Waals surface area contributed by atoms with Crippen LogP contribution in [0.4, 0.5) is 8.78 Å². The number of nitrogens with one attached hydrogen (secondary N) is 2. The fourth-order valence-corrected chi connectivity index (χ4v) is 6.33. The van der Waals surface area contributed by atoms with Crippen LogP contribution in [0.25, 0.3) is 11.1 Å². The Labute approximate surface area is 241 Å². The van der Waals surface area contributed by atoms with Crippen molar-refractivity contribution in [1.29, 1.82) is 0 Å². The minimum absolute atomic E-state index is 0.0130. The van der Waals surface area contributed by atoms with Crippen molar-refractivity contribution in [2.45, 2.75) is 43.4 Å². The van der Waals surface area contributed by atoms with Crippen molar-refractivity contribution in [3.8, 4) is 22.8 Å². The van der Waals surface area contributed by atoms with Crippen LogP contribution >= 0.6 is 11.6 Å². The Morgan fingerprint density at radius 3 is 2.78 bits per heavy atom. The number of aliphatic hydroxyl groups is 1. The maximum Gasteiger partial charge on any atom is 0.253 e. The first-order chi connectivity index (χ1) is 19.9. The van der Waals surface area contributed by atoms with Gasteiger partial charge in [0.2, 0.25) is 0 Å². The number of halogens is 3. The second-order valence-electron chi connectivity index (χ2n) is 10.5. The Hall–Kier alpha value is -3.31. The van der Waals surface area contributed by atoms with Crippen LogP contribution < -0.4 is 20.1 Å². The number of nitrogens with zero attached hydrogens (tertiary/aromatic N) is 1. The first kappa shape index (κ1) is 27.8. The Morgan fingerprint density at radius 2 is 2.07 bits per heavy atom. The lowest BCUT2D eigenvalue weighted by atomic mass is 9.80. The molecular formula is C30H30ClF2N3O5. The van der Waals surface area contributed by atoms with Gasteiger partial charge in [0.05, 0.1) is 35.9 Å². The highest BCUT2D eigenvalue weighted by Crippen LogP contribution is 2.52. The number of rotatable bonds is 8. The Kier molecular flexibility index (Phi) is 7.82. The number of fused-ring (bicyclic) bond motifs is 1. The molecule has 0 saturated carbocycles. The molecule has 0 bridgehead atoms. The molecule has 4 heterocycles. The quantitative estimate of drug-likeness (QED) is 0.365. The van der Waals surface area contributed by atoms with E-state index in [1.165, 1.54) is 12.3 Å². The molecule has 3 aliphatic heterocycles. The van der Waals surface area contributed by atoms with Gasteiger partial charge in [-0.05, 0) is 31.4 Å². The van der Waals surface area contributed by atoms with Gasteiger partial charge in [-0.25, -0.2) is 13.8 Å². The maximum absolute atomic E-state index is 16.3. The van der Waals surface area contributed by atoms with E-state index in [1.807, 2.05) is 30.3 Å². The molecule has 2 fully saturated rings. The molecule has 3 aromatic rings. The highest BCUT2D eigenvalue weighted by Gasteiger charge is 2.50. The second kappa shape index (κ2) is 11.5. The molecule has 11 heteroatoms. The fraction of sp³-hybridized carbons (Fsp3) is 0.400. The lowest BCUT2D eigenvalue weighted by Gasteiger charge is -2.35. The zero-order valence-corrected chi connectivity index (χ0v) is 23.0. The van der Waals surface area contributed by atoms with Gasteiger partial charge in [0.1, 0.15) is 18.2 Å². The number of hydrogen-bond acceptors (Lipinski definition) is 7. The summed E-state index contributed by atoms with van der Waals surface area (Å²) < 4.78 is 49.1. The molecule has 1 amide bonds. The second-order valence-corrected chi connectivity index (χ2v) is 10.9.